The van der Waals surface area contributed by atoms with E-state index >= 15 is 0 Å². The van der Waals surface area contributed by atoms with Crippen LogP contribution in [0.3, 0.4) is 0 Å². The lowest BCUT2D eigenvalue weighted by Gasteiger charge is -2.27. The predicted octanol–water partition coefficient (Wildman–Crippen LogP) is 2.36. The molecular weight excluding hydrogens is 299 g/mol. The number of fused-ring (bicyclic) bond motifs is 3. The largest absolute Gasteiger partial charge is 0.387 e. The number of rotatable bonds is 1. The molecule has 0 bridgehead atoms. The topological polar surface area (TPSA) is 45.5 Å². The molecule has 1 aliphatic heterocycles. The molecule has 1 amide bonds. The summed E-state index contributed by atoms with van der Waals surface area (Å²) in [7, 11) is 1.97. The monoisotopic (exact) mass is 312 g/mol. The highest BCUT2D eigenvalue weighted by Gasteiger charge is 2.26. The third-order valence-electron chi connectivity index (χ3n) is 3.94. The molecule has 1 N–H and O–H groups in total. The summed E-state index contributed by atoms with van der Waals surface area (Å²) < 4.78 is 2.06. The first-order valence-corrected chi connectivity index (χ1v) is 7.13. The van der Waals surface area contributed by atoms with Crippen molar-refractivity contribution in [3.63, 3.8) is 0 Å². The molecule has 0 aliphatic carbocycles. The molecule has 0 radical (unpaired) electrons. The van der Waals surface area contributed by atoms with E-state index in [4.69, 9.17) is 28.3 Å². The van der Waals surface area contributed by atoms with Crippen LogP contribution in [0.1, 0.15) is 11.3 Å². The van der Waals surface area contributed by atoms with Gasteiger partial charge < -0.3 is 14.6 Å². The highest BCUT2D eigenvalue weighted by atomic mass is 35.5. The van der Waals surface area contributed by atoms with E-state index in [1.807, 2.05) is 13.1 Å². The second-order valence-electron chi connectivity index (χ2n) is 4.97. The van der Waals surface area contributed by atoms with Crippen molar-refractivity contribution in [2.75, 3.05) is 13.2 Å². The standard InChI is InChI=1S/C14H14Cl2N2O2/c1-17-11-4-5-18(12(20)7-19)6-9(11)8-2-3-10(15)13(16)14(8)17/h2-3,19H,4-7H2,1H3. The zero-order valence-electron chi connectivity index (χ0n) is 11.0. The second kappa shape index (κ2) is 4.95. The Labute approximate surface area is 126 Å². The Bertz CT molecular complexity index is 709. The smallest absolute Gasteiger partial charge is 0.248 e. The van der Waals surface area contributed by atoms with Crippen molar-refractivity contribution in [2.24, 2.45) is 7.05 Å². The van der Waals surface area contributed by atoms with Crippen LogP contribution in [-0.4, -0.2) is 33.6 Å². The van der Waals surface area contributed by atoms with Gasteiger partial charge in [0, 0.05) is 43.2 Å². The summed E-state index contributed by atoms with van der Waals surface area (Å²) in [6.07, 6.45) is 0.750. The summed E-state index contributed by atoms with van der Waals surface area (Å²) in [5.41, 5.74) is 3.17. The Hall–Kier alpha value is -1.23. The molecule has 0 saturated heterocycles. The van der Waals surface area contributed by atoms with Gasteiger partial charge in [-0.3, -0.25) is 4.79 Å². The van der Waals surface area contributed by atoms with Crippen LogP contribution in [0, 0.1) is 0 Å². The van der Waals surface area contributed by atoms with Gasteiger partial charge in [-0.05, 0) is 6.07 Å². The number of halogens is 2. The number of aryl methyl sites for hydroxylation is 1. The lowest BCUT2D eigenvalue weighted by molar-refractivity contribution is -0.135. The number of benzene rings is 1. The average Bonchev–Trinajstić information content (AvgIpc) is 2.75. The van der Waals surface area contributed by atoms with Crippen molar-refractivity contribution in [2.45, 2.75) is 13.0 Å². The first kappa shape index (κ1) is 13.7. The Morgan fingerprint density at radius 3 is 2.85 bits per heavy atom. The molecule has 0 atom stereocenters. The van der Waals surface area contributed by atoms with Crippen LogP contribution < -0.4 is 0 Å². The van der Waals surface area contributed by atoms with Gasteiger partial charge in [0.25, 0.3) is 0 Å². The summed E-state index contributed by atoms with van der Waals surface area (Å²) in [6, 6.07) is 3.72. The molecule has 2 heterocycles. The number of aliphatic hydroxyl groups excluding tert-OH is 1. The number of nitrogens with zero attached hydrogens (tertiary/aromatic N) is 2. The SMILES string of the molecule is Cn1c2c(c3ccc(Cl)c(Cl)c31)CN(C(=O)CO)CC2. The normalized spacial score (nSPS) is 14.7. The predicted molar refractivity (Wildman–Crippen MR) is 79.1 cm³/mol. The third-order valence-corrected chi connectivity index (χ3v) is 4.73. The molecule has 0 fully saturated rings. The lowest BCUT2D eigenvalue weighted by Crippen LogP contribution is -2.37. The summed E-state index contributed by atoms with van der Waals surface area (Å²) >= 11 is 12.4. The van der Waals surface area contributed by atoms with Gasteiger partial charge in [-0.15, -0.1) is 0 Å². The zero-order valence-corrected chi connectivity index (χ0v) is 12.5. The molecule has 0 saturated carbocycles. The van der Waals surface area contributed by atoms with Crippen LogP contribution in [0.15, 0.2) is 12.1 Å². The highest BCUT2D eigenvalue weighted by Crippen LogP contribution is 2.37. The maximum absolute atomic E-state index is 11.7. The van der Waals surface area contributed by atoms with Crippen LogP contribution in [0.4, 0.5) is 0 Å². The molecular formula is C14H14Cl2N2O2. The molecule has 0 spiro atoms. The molecule has 1 aliphatic rings. The Balaban J connectivity index is 2.17. The van der Waals surface area contributed by atoms with E-state index in [1.165, 1.54) is 5.69 Å². The zero-order chi connectivity index (χ0) is 14.4. The number of aliphatic hydroxyl groups is 1. The van der Waals surface area contributed by atoms with Gasteiger partial charge in [0.15, 0.2) is 0 Å². The fourth-order valence-electron chi connectivity index (χ4n) is 2.92. The van der Waals surface area contributed by atoms with Crippen molar-refractivity contribution >= 4 is 40.0 Å². The number of hydrogen-bond acceptors (Lipinski definition) is 2. The summed E-state index contributed by atoms with van der Waals surface area (Å²) in [5.74, 6) is -0.243. The molecule has 1 aromatic heterocycles. The molecule has 2 aromatic rings. The van der Waals surface area contributed by atoms with Crippen LogP contribution in [0.2, 0.25) is 10.0 Å². The van der Waals surface area contributed by atoms with Crippen molar-refractivity contribution in [3.05, 3.63) is 33.4 Å². The van der Waals surface area contributed by atoms with Gasteiger partial charge in [0.2, 0.25) is 5.91 Å². The number of carbonyl (C=O) groups excluding carboxylic acids is 1. The second-order valence-corrected chi connectivity index (χ2v) is 5.75. The van der Waals surface area contributed by atoms with Crippen LogP contribution >= 0.6 is 23.2 Å². The molecule has 20 heavy (non-hydrogen) atoms. The minimum absolute atomic E-state index is 0.243. The molecule has 4 nitrogen and oxygen atoms in total. The summed E-state index contributed by atoms with van der Waals surface area (Å²) in [4.78, 5) is 13.3. The number of amides is 1. The maximum Gasteiger partial charge on any atom is 0.248 e. The van der Waals surface area contributed by atoms with Gasteiger partial charge in [-0.25, -0.2) is 0 Å². The van der Waals surface area contributed by atoms with E-state index in [-0.39, 0.29) is 5.91 Å². The van der Waals surface area contributed by atoms with Crippen LogP contribution in [0.5, 0.6) is 0 Å². The molecule has 3 rings (SSSR count). The quantitative estimate of drug-likeness (QED) is 0.878. The summed E-state index contributed by atoms with van der Waals surface area (Å²) in [6.45, 7) is 0.665. The first-order valence-electron chi connectivity index (χ1n) is 6.37. The molecule has 0 unspecified atom stereocenters. The summed E-state index contributed by atoms with van der Waals surface area (Å²) in [5, 5.41) is 11.1. The molecule has 106 valence electrons. The number of aromatic nitrogens is 1. The first-order chi connectivity index (χ1) is 9.54. The van der Waals surface area contributed by atoms with E-state index in [1.54, 1.807) is 11.0 Å². The van der Waals surface area contributed by atoms with Gasteiger partial charge in [0.05, 0.1) is 15.6 Å². The maximum atomic E-state index is 11.7. The minimum atomic E-state index is -0.452. The van der Waals surface area contributed by atoms with E-state index < -0.39 is 6.61 Å². The van der Waals surface area contributed by atoms with E-state index in [2.05, 4.69) is 4.57 Å². The fraction of sp³-hybridized carbons (Fsp3) is 0.357. The van der Waals surface area contributed by atoms with Gasteiger partial charge in [-0.1, -0.05) is 29.3 Å². The van der Waals surface area contributed by atoms with Gasteiger partial charge >= 0.3 is 0 Å². The Morgan fingerprint density at radius 2 is 2.15 bits per heavy atom. The van der Waals surface area contributed by atoms with Gasteiger partial charge in [-0.2, -0.15) is 0 Å². The van der Waals surface area contributed by atoms with E-state index in [0.717, 1.165) is 22.9 Å². The Kier molecular flexibility index (Phi) is 3.40. The van der Waals surface area contributed by atoms with Crippen LogP contribution in [-0.2, 0) is 24.8 Å². The lowest BCUT2D eigenvalue weighted by atomic mass is 10.0. The molecule has 6 heteroatoms. The average molecular weight is 313 g/mol. The number of carbonyl (C=O) groups is 1. The Morgan fingerprint density at radius 1 is 1.40 bits per heavy atom. The highest BCUT2D eigenvalue weighted by molar-refractivity contribution is 6.45. The minimum Gasteiger partial charge on any atom is -0.387 e. The van der Waals surface area contributed by atoms with Crippen molar-refractivity contribution in [1.82, 2.24) is 9.47 Å². The fourth-order valence-corrected chi connectivity index (χ4v) is 3.37. The van der Waals surface area contributed by atoms with Crippen molar-refractivity contribution in [1.29, 1.82) is 0 Å². The van der Waals surface area contributed by atoms with Crippen molar-refractivity contribution < 1.29 is 9.90 Å². The van der Waals surface area contributed by atoms with E-state index in [0.29, 0.717) is 23.1 Å². The van der Waals surface area contributed by atoms with Crippen molar-refractivity contribution in [3.8, 4) is 0 Å². The third kappa shape index (κ3) is 1.91. The molecule has 1 aromatic carbocycles. The number of hydrogen-bond donors (Lipinski definition) is 1. The van der Waals surface area contributed by atoms with Crippen LogP contribution in [0.25, 0.3) is 10.9 Å². The van der Waals surface area contributed by atoms with E-state index in [9.17, 15) is 4.79 Å². The van der Waals surface area contributed by atoms with Gasteiger partial charge in [0.1, 0.15) is 6.61 Å².